The minimum Gasteiger partial charge on any atom is -0.390 e. The molecule has 3 unspecified atom stereocenters. The summed E-state index contributed by atoms with van der Waals surface area (Å²) in [4.78, 5) is 0. The van der Waals surface area contributed by atoms with Crippen LogP contribution in [0, 0.1) is 23.7 Å². The Morgan fingerprint density at radius 2 is 1.79 bits per heavy atom. The van der Waals surface area contributed by atoms with E-state index >= 15 is 0 Å². The van der Waals surface area contributed by atoms with Gasteiger partial charge in [0, 0.05) is 0 Å². The Labute approximate surface area is 86.9 Å². The molecule has 14 heavy (non-hydrogen) atoms. The zero-order valence-electron chi connectivity index (χ0n) is 9.21. The maximum atomic E-state index is 10.7. The van der Waals surface area contributed by atoms with E-state index in [4.69, 9.17) is 0 Å². The second kappa shape index (κ2) is 2.98. The lowest BCUT2D eigenvalue weighted by Crippen LogP contribution is -2.57. The van der Waals surface area contributed by atoms with Crippen molar-refractivity contribution < 1.29 is 5.11 Å². The molecule has 1 nitrogen and oxygen atoms in total. The highest BCUT2D eigenvalue weighted by Crippen LogP contribution is 2.59. The van der Waals surface area contributed by atoms with Gasteiger partial charge < -0.3 is 5.11 Å². The predicted octanol–water partition coefficient (Wildman–Crippen LogP) is 2.97. The maximum Gasteiger partial charge on any atom is 0.0683 e. The minimum atomic E-state index is -0.231. The molecule has 0 radical (unpaired) electrons. The van der Waals surface area contributed by atoms with Crippen LogP contribution in [0.4, 0.5) is 0 Å². The van der Waals surface area contributed by atoms with Crippen molar-refractivity contribution >= 4 is 0 Å². The Balaban J connectivity index is 1.86. The Kier molecular flexibility index (Phi) is 1.96. The third kappa shape index (κ3) is 1.18. The Morgan fingerprint density at radius 3 is 2.29 bits per heavy atom. The topological polar surface area (TPSA) is 20.2 Å². The molecule has 0 aromatic rings. The number of hydrogen-bond acceptors (Lipinski definition) is 1. The van der Waals surface area contributed by atoms with Gasteiger partial charge in [0.2, 0.25) is 0 Å². The van der Waals surface area contributed by atoms with Gasteiger partial charge in [-0.1, -0.05) is 13.3 Å². The molecular weight excluding hydrogens is 172 g/mol. The number of rotatable bonds is 2. The SMILES string of the molecule is CCCC1C2CC3CC(C2)CC1(O)C3. The Bertz CT molecular complexity index is 221. The van der Waals surface area contributed by atoms with Gasteiger partial charge in [0.1, 0.15) is 0 Å². The standard InChI is InChI=1S/C13H22O/c1-2-3-12-11-5-9-4-10(6-11)8-13(12,14)7-9/h9-12,14H,2-8H2,1H3. The molecule has 0 amide bonds. The van der Waals surface area contributed by atoms with Gasteiger partial charge >= 0.3 is 0 Å². The van der Waals surface area contributed by atoms with Gasteiger partial charge in [-0.15, -0.1) is 0 Å². The summed E-state index contributed by atoms with van der Waals surface area (Å²) in [5.41, 5.74) is -0.231. The van der Waals surface area contributed by atoms with E-state index in [9.17, 15) is 5.11 Å². The average molecular weight is 194 g/mol. The van der Waals surface area contributed by atoms with Crippen molar-refractivity contribution in [2.45, 2.75) is 57.5 Å². The first-order valence-corrected chi connectivity index (χ1v) is 6.43. The molecule has 80 valence electrons. The highest BCUT2D eigenvalue weighted by atomic mass is 16.3. The summed E-state index contributed by atoms with van der Waals surface area (Å²) in [5.74, 6) is 3.29. The van der Waals surface area contributed by atoms with Gasteiger partial charge in [0.05, 0.1) is 5.60 Å². The van der Waals surface area contributed by atoms with Gasteiger partial charge in [-0.05, 0) is 62.2 Å². The third-order valence-corrected chi connectivity index (χ3v) is 5.08. The Hall–Kier alpha value is -0.0400. The van der Waals surface area contributed by atoms with Gasteiger partial charge in [-0.2, -0.15) is 0 Å². The first kappa shape index (κ1) is 9.21. The molecule has 4 saturated carbocycles. The number of hydrogen-bond donors (Lipinski definition) is 1. The van der Waals surface area contributed by atoms with Crippen molar-refractivity contribution in [2.75, 3.05) is 0 Å². The second-order valence-electron chi connectivity index (χ2n) is 6.11. The van der Waals surface area contributed by atoms with Crippen LogP contribution in [0.25, 0.3) is 0 Å². The molecule has 4 fully saturated rings. The molecule has 0 aromatic heterocycles. The number of aliphatic hydroxyl groups is 1. The largest absolute Gasteiger partial charge is 0.390 e. The summed E-state index contributed by atoms with van der Waals surface area (Å²) >= 11 is 0. The molecule has 1 heteroatoms. The molecule has 4 rings (SSSR count). The molecule has 0 aromatic carbocycles. The van der Waals surface area contributed by atoms with E-state index in [1.165, 1.54) is 32.1 Å². The van der Waals surface area contributed by atoms with Crippen molar-refractivity contribution in [3.05, 3.63) is 0 Å². The zero-order chi connectivity index (χ0) is 9.76. The van der Waals surface area contributed by atoms with Crippen LogP contribution in [-0.4, -0.2) is 10.7 Å². The summed E-state index contributed by atoms with van der Waals surface area (Å²) in [6, 6.07) is 0. The molecule has 0 spiro atoms. The van der Waals surface area contributed by atoms with E-state index in [0.29, 0.717) is 5.92 Å². The van der Waals surface area contributed by atoms with Crippen molar-refractivity contribution in [1.29, 1.82) is 0 Å². The first-order chi connectivity index (χ1) is 6.71. The molecule has 0 heterocycles. The highest BCUT2D eigenvalue weighted by Gasteiger charge is 2.55. The smallest absolute Gasteiger partial charge is 0.0683 e. The van der Waals surface area contributed by atoms with Crippen LogP contribution in [-0.2, 0) is 0 Å². The summed E-state index contributed by atoms with van der Waals surface area (Å²) < 4.78 is 0. The summed E-state index contributed by atoms with van der Waals surface area (Å²) in [7, 11) is 0. The van der Waals surface area contributed by atoms with E-state index in [0.717, 1.165) is 30.6 Å². The summed E-state index contributed by atoms with van der Waals surface area (Å²) in [5, 5.41) is 10.7. The van der Waals surface area contributed by atoms with Crippen molar-refractivity contribution in [3.63, 3.8) is 0 Å². The second-order valence-corrected chi connectivity index (χ2v) is 6.11. The lowest BCUT2D eigenvalue weighted by atomic mass is 9.49. The van der Waals surface area contributed by atoms with Gasteiger partial charge in [0.15, 0.2) is 0 Å². The fraction of sp³-hybridized carbons (Fsp3) is 1.00. The predicted molar refractivity (Wildman–Crippen MR) is 56.9 cm³/mol. The molecule has 4 aliphatic carbocycles. The van der Waals surface area contributed by atoms with Crippen LogP contribution in [0.2, 0.25) is 0 Å². The normalized spacial score (nSPS) is 55.3. The van der Waals surface area contributed by atoms with Crippen LogP contribution in [0.15, 0.2) is 0 Å². The molecule has 0 aliphatic heterocycles. The van der Waals surface area contributed by atoms with Crippen molar-refractivity contribution in [3.8, 4) is 0 Å². The summed E-state index contributed by atoms with van der Waals surface area (Å²) in [6.07, 6.45) is 9.07. The van der Waals surface area contributed by atoms with Crippen LogP contribution >= 0.6 is 0 Å². The van der Waals surface area contributed by atoms with Crippen molar-refractivity contribution in [1.82, 2.24) is 0 Å². The lowest BCUT2D eigenvalue weighted by Gasteiger charge is -2.59. The van der Waals surface area contributed by atoms with Crippen LogP contribution < -0.4 is 0 Å². The van der Waals surface area contributed by atoms with E-state index in [2.05, 4.69) is 6.92 Å². The maximum absolute atomic E-state index is 10.7. The van der Waals surface area contributed by atoms with E-state index in [-0.39, 0.29) is 5.60 Å². The minimum absolute atomic E-state index is 0.231. The van der Waals surface area contributed by atoms with Crippen LogP contribution in [0.3, 0.4) is 0 Å². The summed E-state index contributed by atoms with van der Waals surface area (Å²) in [6.45, 7) is 2.26. The molecule has 0 saturated heterocycles. The van der Waals surface area contributed by atoms with Gasteiger partial charge in [-0.3, -0.25) is 0 Å². The van der Waals surface area contributed by atoms with E-state index < -0.39 is 0 Å². The third-order valence-electron chi connectivity index (χ3n) is 5.08. The molecule has 3 atom stereocenters. The Morgan fingerprint density at radius 1 is 1.14 bits per heavy atom. The monoisotopic (exact) mass is 194 g/mol. The van der Waals surface area contributed by atoms with Crippen molar-refractivity contribution in [2.24, 2.45) is 23.7 Å². The highest BCUT2D eigenvalue weighted by molar-refractivity contribution is 5.06. The van der Waals surface area contributed by atoms with E-state index in [1.54, 1.807) is 0 Å². The average Bonchev–Trinajstić information content (AvgIpc) is 2.09. The van der Waals surface area contributed by atoms with Gasteiger partial charge in [-0.25, -0.2) is 0 Å². The quantitative estimate of drug-likeness (QED) is 0.716. The van der Waals surface area contributed by atoms with Gasteiger partial charge in [0.25, 0.3) is 0 Å². The fourth-order valence-electron chi connectivity index (χ4n) is 4.92. The molecule has 4 aliphatic rings. The first-order valence-electron chi connectivity index (χ1n) is 6.43. The van der Waals surface area contributed by atoms with E-state index in [1.807, 2.05) is 0 Å². The fourth-order valence-corrected chi connectivity index (χ4v) is 4.92. The van der Waals surface area contributed by atoms with Crippen LogP contribution in [0.5, 0.6) is 0 Å². The zero-order valence-corrected chi connectivity index (χ0v) is 9.21. The lowest BCUT2D eigenvalue weighted by molar-refractivity contribution is -0.173. The molecular formula is C13H22O. The molecule has 4 bridgehead atoms. The molecule has 1 N–H and O–H groups in total. The van der Waals surface area contributed by atoms with Crippen LogP contribution in [0.1, 0.15) is 51.9 Å².